The van der Waals surface area contributed by atoms with E-state index < -0.39 is 11.6 Å². The Morgan fingerprint density at radius 3 is 2.53 bits per heavy atom. The van der Waals surface area contributed by atoms with Crippen molar-refractivity contribution in [3.05, 3.63) is 30.1 Å². The zero-order valence-corrected chi connectivity index (χ0v) is 9.20. The fourth-order valence-corrected chi connectivity index (χ4v) is 2.01. The summed E-state index contributed by atoms with van der Waals surface area (Å²) in [6.45, 7) is 0.568. The smallest absolute Gasteiger partial charge is 0.341 e. The highest BCUT2D eigenvalue weighted by Gasteiger charge is 2.41. The lowest BCUT2D eigenvalue weighted by atomic mass is 9.93. The highest BCUT2D eigenvalue weighted by atomic mass is 19.1. The molecule has 1 aromatic carbocycles. The van der Waals surface area contributed by atoms with Gasteiger partial charge in [0.2, 0.25) is 5.67 Å². The number of alkyl halides is 1. The summed E-state index contributed by atoms with van der Waals surface area (Å²) in [7, 11) is 0. The number of anilines is 1. The third kappa shape index (κ3) is 2.38. The predicted molar refractivity (Wildman–Crippen MR) is 59.3 cm³/mol. The molecule has 0 unspecified atom stereocenters. The molecular weight excluding hydrogens is 228 g/mol. The van der Waals surface area contributed by atoms with Crippen LogP contribution in [0.25, 0.3) is 0 Å². The van der Waals surface area contributed by atoms with E-state index in [-0.39, 0.29) is 31.7 Å². The third-order valence-electron chi connectivity index (χ3n) is 3.11. The number of piperidine rings is 1. The van der Waals surface area contributed by atoms with Crippen molar-refractivity contribution in [2.75, 3.05) is 18.0 Å². The number of carboxylic acid groups (broad SMARTS) is 1. The summed E-state index contributed by atoms with van der Waals surface area (Å²) in [6.07, 6.45) is -0.141. The number of halogens is 2. The van der Waals surface area contributed by atoms with Crippen LogP contribution in [-0.4, -0.2) is 29.8 Å². The summed E-state index contributed by atoms with van der Waals surface area (Å²) in [5.41, 5.74) is -1.47. The van der Waals surface area contributed by atoms with Crippen molar-refractivity contribution in [3.63, 3.8) is 0 Å². The molecule has 0 radical (unpaired) electrons. The molecule has 2 rings (SSSR count). The molecule has 3 nitrogen and oxygen atoms in total. The molecule has 5 heteroatoms. The van der Waals surface area contributed by atoms with Crippen LogP contribution >= 0.6 is 0 Å². The number of carboxylic acids is 1. The van der Waals surface area contributed by atoms with Crippen LogP contribution in [0.2, 0.25) is 0 Å². The molecule has 17 heavy (non-hydrogen) atoms. The van der Waals surface area contributed by atoms with Crippen LogP contribution in [0.5, 0.6) is 0 Å². The van der Waals surface area contributed by atoms with Gasteiger partial charge in [0.25, 0.3) is 0 Å². The molecule has 0 amide bonds. The number of aliphatic carboxylic acids is 1. The minimum atomic E-state index is -2.14. The molecule has 92 valence electrons. The van der Waals surface area contributed by atoms with Crippen LogP contribution in [0.4, 0.5) is 14.5 Å². The fourth-order valence-electron chi connectivity index (χ4n) is 2.01. The lowest BCUT2D eigenvalue weighted by Gasteiger charge is -2.35. The van der Waals surface area contributed by atoms with Gasteiger partial charge in [0, 0.05) is 31.6 Å². The van der Waals surface area contributed by atoms with E-state index in [0.29, 0.717) is 5.69 Å². The largest absolute Gasteiger partial charge is 0.479 e. The third-order valence-corrected chi connectivity index (χ3v) is 3.11. The monoisotopic (exact) mass is 241 g/mol. The van der Waals surface area contributed by atoms with E-state index in [1.165, 1.54) is 12.1 Å². The molecule has 0 spiro atoms. The van der Waals surface area contributed by atoms with E-state index in [0.717, 1.165) is 0 Å². The van der Waals surface area contributed by atoms with Gasteiger partial charge in [-0.2, -0.15) is 0 Å². The number of benzene rings is 1. The van der Waals surface area contributed by atoms with E-state index >= 15 is 0 Å². The SMILES string of the molecule is O=C(O)C1(F)CCN(c2cccc(F)c2)CC1. The van der Waals surface area contributed by atoms with Crippen molar-refractivity contribution in [1.29, 1.82) is 0 Å². The average Bonchev–Trinajstić information content (AvgIpc) is 2.30. The zero-order valence-electron chi connectivity index (χ0n) is 9.20. The minimum Gasteiger partial charge on any atom is -0.479 e. The number of carbonyl (C=O) groups is 1. The first-order valence-corrected chi connectivity index (χ1v) is 5.44. The van der Waals surface area contributed by atoms with Gasteiger partial charge in [-0.05, 0) is 18.2 Å². The van der Waals surface area contributed by atoms with Crippen molar-refractivity contribution in [1.82, 2.24) is 0 Å². The number of hydrogen-bond donors (Lipinski definition) is 1. The Bertz CT molecular complexity index is 428. The van der Waals surface area contributed by atoms with Crippen molar-refractivity contribution in [2.45, 2.75) is 18.5 Å². The van der Waals surface area contributed by atoms with Gasteiger partial charge in [0.1, 0.15) is 5.82 Å². The molecule has 1 fully saturated rings. The summed E-state index contributed by atoms with van der Waals surface area (Å²) in [6, 6.07) is 6.02. The normalized spacial score (nSPS) is 19.1. The second-order valence-electron chi connectivity index (χ2n) is 4.24. The Labute approximate surface area is 97.7 Å². The summed E-state index contributed by atoms with van der Waals surface area (Å²) in [5.74, 6) is -1.76. The van der Waals surface area contributed by atoms with E-state index in [2.05, 4.69) is 0 Å². The molecule has 1 heterocycles. The summed E-state index contributed by atoms with van der Waals surface area (Å²) >= 11 is 0. The fraction of sp³-hybridized carbons (Fsp3) is 0.417. The standard InChI is InChI=1S/C12H13F2NO2/c13-9-2-1-3-10(8-9)15-6-4-12(14,5-7-15)11(16)17/h1-3,8H,4-7H2,(H,16,17). The van der Waals surface area contributed by atoms with Crippen LogP contribution in [0.15, 0.2) is 24.3 Å². The summed E-state index contributed by atoms with van der Waals surface area (Å²) in [4.78, 5) is 12.5. The highest BCUT2D eigenvalue weighted by molar-refractivity contribution is 5.77. The topological polar surface area (TPSA) is 40.5 Å². The Hall–Kier alpha value is -1.65. The molecule has 0 aliphatic carbocycles. The van der Waals surface area contributed by atoms with Crippen LogP contribution in [-0.2, 0) is 4.79 Å². The van der Waals surface area contributed by atoms with Crippen molar-refractivity contribution in [3.8, 4) is 0 Å². The van der Waals surface area contributed by atoms with Gasteiger partial charge in [-0.25, -0.2) is 13.6 Å². The maximum atomic E-state index is 13.8. The number of rotatable bonds is 2. The first-order chi connectivity index (χ1) is 8.01. The first kappa shape index (κ1) is 11.8. The Morgan fingerprint density at radius 1 is 1.35 bits per heavy atom. The molecule has 0 saturated carbocycles. The van der Waals surface area contributed by atoms with Gasteiger partial charge >= 0.3 is 5.97 Å². The van der Waals surface area contributed by atoms with Gasteiger partial charge in [0.05, 0.1) is 0 Å². The van der Waals surface area contributed by atoms with Gasteiger partial charge in [-0.1, -0.05) is 6.07 Å². The summed E-state index contributed by atoms with van der Waals surface area (Å²) in [5, 5.41) is 8.74. The second-order valence-corrected chi connectivity index (χ2v) is 4.24. The molecule has 0 bridgehead atoms. The van der Waals surface area contributed by atoms with E-state index in [1.807, 2.05) is 0 Å². The maximum Gasteiger partial charge on any atom is 0.341 e. The highest BCUT2D eigenvalue weighted by Crippen LogP contribution is 2.29. The van der Waals surface area contributed by atoms with Gasteiger partial charge < -0.3 is 10.0 Å². The van der Waals surface area contributed by atoms with Crippen LogP contribution < -0.4 is 4.90 Å². The predicted octanol–water partition coefficient (Wildman–Crippen LogP) is 2.22. The van der Waals surface area contributed by atoms with Crippen molar-refractivity contribution >= 4 is 11.7 Å². The molecule has 1 saturated heterocycles. The van der Waals surface area contributed by atoms with Gasteiger partial charge in [0.15, 0.2) is 0 Å². The lowest BCUT2D eigenvalue weighted by Crippen LogP contribution is -2.46. The van der Waals surface area contributed by atoms with E-state index in [9.17, 15) is 13.6 Å². The van der Waals surface area contributed by atoms with Gasteiger partial charge in [-0.15, -0.1) is 0 Å². The molecule has 1 N–H and O–H groups in total. The van der Waals surface area contributed by atoms with Crippen LogP contribution in [0.3, 0.4) is 0 Å². The Kier molecular flexibility index (Phi) is 3.00. The molecule has 0 aromatic heterocycles. The maximum absolute atomic E-state index is 13.8. The molecular formula is C12H13F2NO2. The Balaban J connectivity index is 2.07. The van der Waals surface area contributed by atoms with Crippen LogP contribution in [0, 0.1) is 5.82 Å². The van der Waals surface area contributed by atoms with Crippen molar-refractivity contribution in [2.24, 2.45) is 0 Å². The van der Waals surface area contributed by atoms with E-state index in [1.54, 1.807) is 17.0 Å². The Morgan fingerprint density at radius 2 is 2.00 bits per heavy atom. The van der Waals surface area contributed by atoms with Crippen LogP contribution in [0.1, 0.15) is 12.8 Å². The molecule has 1 aromatic rings. The molecule has 1 aliphatic rings. The first-order valence-electron chi connectivity index (χ1n) is 5.44. The molecule has 1 aliphatic heterocycles. The number of nitrogens with zero attached hydrogens (tertiary/aromatic N) is 1. The lowest BCUT2D eigenvalue weighted by molar-refractivity contribution is -0.152. The number of hydrogen-bond acceptors (Lipinski definition) is 2. The van der Waals surface area contributed by atoms with Crippen molar-refractivity contribution < 1.29 is 18.7 Å². The summed E-state index contributed by atoms with van der Waals surface area (Å²) < 4.78 is 26.8. The zero-order chi connectivity index (χ0) is 12.5. The molecule has 0 atom stereocenters. The average molecular weight is 241 g/mol. The van der Waals surface area contributed by atoms with E-state index in [4.69, 9.17) is 5.11 Å². The van der Waals surface area contributed by atoms with Gasteiger partial charge in [-0.3, -0.25) is 0 Å². The second kappa shape index (κ2) is 4.31. The quantitative estimate of drug-likeness (QED) is 0.863. The minimum absolute atomic E-state index is 0.0706.